The van der Waals surface area contributed by atoms with Crippen molar-refractivity contribution in [2.75, 3.05) is 46.2 Å². The first-order valence-electron chi connectivity index (χ1n) is 44.6. The average Bonchev–Trinajstić information content (AvgIpc) is 0.773. The van der Waals surface area contributed by atoms with E-state index in [4.69, 9.17) is 56.8 Å². The van der Waals surface area contributed by atoms with Gasteiger partial charge in [0.2, 0.25) is 17.7 Å². The molecule has 0 saturated carbocycles. The van der Waals surface area contributed by atoms with Crippen LogP contribution in [0.3, 0.4) is 0 Å². The first-order chi connectivity index (χ1) is 57.8. The van der Waals surface area contributed by atoms with E-state index < -0.39 is 254 Å². The first kappa shape index (κ1) is 105. The maximum absolute atomic E-state index is 13.6. The number of unbranched alkanes of at least 4 members (excludes halogenated alkanes) is 30. The Morgan fingerprint density at radius 2 is 0.625 bits per heavy atom. The Balaban J connectivity index is 1.05. The fourth-order valence-electron chi connectivity index (χ4n) is 16.2. The Kier molecular flexibility index (Phi) is 51.2. The van der Waals surface area contributed by atoms with Gasteiger partial charge in [0.25, 0.3) is 0 Å². The van der Waals surface area contributed by atoms with Gasteiger partial charge in [0, 0.05) is 20.3 Å². The van der Waals surface area contributed by atoms with Crippen molar-refractivity contribution in [2.45, 2.75) is 442 Å². The number of carbonyl (C=O) groups excluding carboxylic acids is 3. The third-order valence-corrected chi connectivity index (χ3v) is 23.4. The molecule has 0 spiro atoms. The van der Waals surface area contributed by atoms with E-state index in [1.54, 1.807) is 6.08 Å². The molecule has 32 atom stereocenters. The van der Waals surface area contributed by atoms with E-state index in [0.717, 1.165) is 65.2 Å². The number of nitrogens with one attached hydrogen (secondary N) is 3. The van der Waals surface area contributed by atoms with Gasteiger partial charge in [-0.2, -0.15) is 0 Å². The highest BCUT2D eigenvalue weighted by Gasteiger charge is 2.59. The zero-order chi connectivity index (χ0) is 87.6. The van der Waals surface area contributed by atoms with Gasteiger partial charge in [-0.05, 0) is 44.9 Å². The molecule has 0 aromatic carbocycles. The molecule has 6 heterocycles. The Morgan fingerprint density at radius 1 is 0.325 bits per heavy atom. The number of carbonyl (C=O) groups is 3. The molecule has 700 valence electrons. The molecule has 0 bridgehead atoms. The van der Waals surface area contributed by atoms with Crippen LogP contribution in [0.5, 0.6) is 0 Å². The van der Waals surface area contributed by atoms with Crippen molar-refractivity contribution in [1.82, 2.24) is 16.0 Å². The van der Waals surface area contributed by atoms with Gasteiger partial charge in [0.15, 0.2) is 37.7 Å². The smallest absolute Gasteiger partial charge is 0.220 e. The van der Waals surface area contributed by atoms with E-state index >= 15 is 0 Å². The van der Waals surface area contributed by atoms with E-state index in [0.29, 0.717) is 12.8 Å². The van der Waals surface area contributed by atoms with Crippen molar-refractivity contribution >= 4 is 17.7 Å². The highest BCUT2D eigenvalue weighted by atomic mass is 16.8. The van der Waals surface area contributed by atoms with E-state index in [1.807, 2.05) is 6.08 Å². The summed E-state index contributed by atoms with van der Waals surface area (Å²) in [5.74, 6) is -2.04. The molecular formula is C84H151N3O33. The van der Waals surface area contributed by atoms with Gasteiger partial charge in [0.1, 0.15) is 146 Å². The highest BCUT2D eigenvalue weighted by molar-refractivity contribution is 5.76. The fraction of sp³-hybridized carbons (Fsp3) is 0.917. The lowest BCUT2D eigenvalue weighted by molar-refractivity contribution is -0.387. The van der Waals surface area contributed by atoms with Gasteiger partial charge in [-0.3, -0.25) is 14.4 Å². The number of aliphatic hydroxyl groups excluding tert-OH is 18. The summed E-state index contributed by atoms with van der Waals surface area (Å²) in [6.45, 7) is 0.102. The predicted molar refractivity (Wildman–Crippen MR) is 431 cm³/mol. The van der Waals surface area contributed by atoms with E-state index in [2.05, 4.69) is 41.9 Å². The lowest BCUT2D eigenvalue weighted by Crippen LogP contribution is -2.70. The third-order valence-electron chi connectivity index (χ3n) is 23.4. The number of hydrogen-bond acceptors (Lipinski definition) is 33. The second-order valence-electron chi connectivity index (χ2n) is 33.1. The van der Waals surface area contributed by atoms with Gasteiger partial charge >= 0.3 is 0 Å². The Hall–Kier alpha value is -3.31. The number of rotatable bonds is 59. The number of aliphatic hydroxyl groups is 18. The molecule has 21 N–H and O–H groups in total. The molecule has 0 aliphatic carbocycles. The molecule has 0 aromatic rings. The van der Waals surface area contributed by atoms with Gasteiger partial charge < -0.3 is 165 Å². The molecule has 120 heavy (non-hydrogen) atoms. The number of hydrogen-bond donors (Lipinski definition) is 21. The topological polar surface area (TPSA) is 562 Å². The van der Waals surface area contributed by atoms with Crippen molar-refractivity contribution in [3.05, 3.63) is 24.3 Å². The fourth-order valence-corrected chi connectivity index (χ4v) is 16.2. The summed E-state index contributed by atoms with van der Waals surface area (Å²) in [6.07, 6.45) is -8.16. The summed E-state index contributed by atoms with van der Waals surface area (Å²) in [4.78, 5) is 39.2. The molecule has 6 aliphatic heterocycles. The molecule has 6 fully saturated rings. The summed E-state index contributed by atoms with van der Waals surface area (Å²) >= 11 is 0. The maximum atomic E-state index is 13.6. The number of amides is 3. The minimum Gasteiger partial charge on any atom is -0.394 e. The second-order valence-corrected chi connectivity index (χ2v) is 33.1. The average molecular weight is 1730 g/mol. The quantitative estimate of drug-likeness (QED) is 0.0291. The third kappa shape index (κ3) is 33.7. The highest BCUT2D eigenvalue weighted by Crippen LogP contribution is 2.38. The summed E-state index contributed by atoms with van der Waals surface area (Å²) in [5, 5.41) is 208. The lowest BCUT2D eigenvalue weighted by atomic mass is 9.93. The first-order valence-corrected chi connectivity index (χ1v) is 44.6. The molecule has 36 nitrogen and oxygen atoms in total. The van der Waals surface area contributed by atoms with Gasteiger partial charge in [0.05, 0.1) is 58.4 Å². The van der Waals surface area contributed by atoms with Crippen molar-refractivity contribution in [1.29, 1.82) is 0 Å². The number of allylic oxidation sites excluding steroid dienone is 3. The zero-order valence-electron chi connectivity index (χ0n) is 70.9. The molecule has 12 unspecified atom stereocenters. The van der Waals surface area contributed by atoms with Crippen molar-refractivity contribution < 1.29 is 163 Å². The Labute approximate surface area is 706 Å². The molecule has 3 amide bonds. The van der Waals surface area contributed by atoms with Crippen molar-refractivity contribution in [2.24, 2.45) is 0 Å². The van der Waals surface area contributed by atoms with Crippen LogP contribution in [-0.2, 0) is 71.2 Å². The minimum atomic E-state index is -2.24. The standard InChI is InChI=1S/C84H151N3O33/c1-5-7-9-11-13-15-17-19-20-21-22-23-24-25-26-27-28-30-32-34-36-38-40-42-60(97)87-52(53(96)41-39-37-35-33-31-29-18-16-14-12-10-8-6-2)49-109-81-71(106)69(104)76(59(48-93)115-81)118-84-73(108)78(65(100)56(45-90)112-84)120-80-62(86-51(4)95)67(102)75(58(47-92)114-80)117-83-72(107)77(64(99)55(44-89)111-83)119-79-61(85-50(3)94)66(101)74(57(46-91)113-79)116-82-70(105)68(103)63(98)54(43-88)110-82/h19-20,39,41,52-59,61-84,88-93,96,98-108H,5-18,21-38,40,42-49H2,1-4H3,(H,85,94)(H,86,95)(H,87,97)/b20-19-,41-39+/t52-,53+,54?,55?,56?,57?,58?,59?,61?,62?,63-,64-,65-,66+,67+,68-,69+,70?,71?,72?,73?,74+,75+,76+,77-,78-,79+,80-,81+,82-,83-,84-/m0/s1. The van der Waals surface area contributed by atoms with Gasteiger partial charge in [-0.25, -0.2) is 0 Å². The minimum absolute atomic E-state index is 0.173. The largest absolute Gasteiger partial charge is 0.394 e. The summed E-state index contributed by atoms with van der Waals surface area (Å²) in [7, 11) is 0. The molecule has 0 aromatic heterocycles. The van der Waals surface area contributed by atoms with Crippen LogP contribution in [0.1, 0.15) is 246 Å². The second kappa shape index (κ2) is 58.2. The monoisotopic (exact) mass is 1730 g/mol. The molecular weight excluding hydrogens is 1580 g/mol. The van der Waals surface area contributed by atoms with Crippen LogP contribution in [0.4, 0.5) is 0 Å². The van der Waals surface area contributed by atoms with Crippen LogP contribution in [0.15, 0.2) is 24.3 Å². The normalized spacial score (nSPS) is 35.6. The molecule has 0 radical (unpaired) electrons. The molecule has 36 heteroatoms. The van der Waals surface area contributed by atoms with Crippen LogP contribution < -0.4 is 16.0 Å². The summed E-state index contributed by atoms with van der Waals surface area (Å²) < 4.78 is 70.9. The van der Waals surface area contributed by atoms with E-state index in [9.17, 15) is 106 Å². The van der Waals surface area contributed by atoms with E-state index in [-0.39, 0.29) is 12.3 Å². The van der Waals surface area contributed by atoms with E-state index in [1.165, 1.54) is 148 Å². The van der Waals surface area contributed by atoms with Crippen LogP contribution in [0.25, 0.3) is 0 Å². The summed E-state index contributed by atoms with van der Waals surface area (Å²) in [6, 6.07) is -4.67. The molecule has 6 aliphatic rings. The van der Waals surface area contributed by atoms with Crippen LogP contribution >= 0.6 is 0 Å². The van der Waals surface area contributed by atoms with Crippen LogP contribution in [-0.4, -0.2) is 352 Å². The Morgan fingerprint density at radius 3 is 0.992 bits per heavy atom. The van der Waals surface area contributed by atoms with Crippen LogP contribution in [0, 0.1) is 0 Å². The SMILES string of the molecule is CCCCCCCC/C=C\CCCCCCCCCCCCCCCC(=O)N[C@@H](CO[C@@H]1OC(CO)[C@@H](O[C@@H]2OC(CO)[C@H](O)[C@H](O[C@@H]3OC(CO)[C@@H](O[C@@H]4OC(CO)[C@H](O)[C@H](O[C@H]5OC(CO)[C@@H](O[C@@H]6OC(CO)[C@H](O)[C@H](O)C6O)[C@H](O)C5NC(C)=O)C4O)[C@H](O)C3NC(C)=O)C2O)[C@H](O)C1O)[C@H](O)/C=C/CCCCCCCCCCCCC. The Bertz CT molecular complexity index is 2790. The van der Waals surface area contributed by atoms with Gasteiger partial charge in [-0.15, -0.1) is 0 Å². The lowest BCUT2D eigenvalue weighted by Gasteiger charge is -2.51. The maximum Gasteiger partial charge on any atom is 0.220 e. The van der Waals surface area contributed by atoms with Gasteiger partial charge in [-0.1, -0.05) is 205 Å². The summed E-state index contributed by atoms with van der Waals surface area (Å²) in [5.41, 5.74) is 0. The molecule has 6 saturated heterocycles. The van der Waals surface area contributed by atoms with Crippen molar-refractivity contribution in [3.8, 4) is 0 Å². The van der Waals surface area contributed by atoms with Crippen LogP contribution in [0.2, 0.25) is 0 Å². The number of ether oxygens (including phenoxy) is 12. The molecule has 6 rings (SSSR count). The zero-order valence-corrected chi connectivity index (χ0v) is 70.9. The predicted octanol–water partition coefficient (Wildman–Crippen LogP) is 0.473. The van der Waals surface area contributed by atoms with Crippen molar-refractivity contribution in [3.63, 3.8) is 0 Å².